The molecule has 0 spiro atoms. The number of carbonyl (C=O) groups excluding carboxylic acids is 1. The smallest absolute Gasteiger partial charge is 0.310 e. The van der Waals surface area contributed by atoms with Gasteiger partial charge in [-0.15, -0.1) is 0 Å². The molecule has 0 aliphatic heterocycles. The SMILES string of the molecule is CCOC(=O)Cc1c(Cl)cnc(Cl)c1C(F)F. The van der Waals surface area contributed by atoms with Gasteiger partial charge in [-0.2, -0.15) is 0 Å². The van der Waals surface area contributed by atoms with Crippen LogP contribution < -0.4 is 0 Å². The zero-order chi connectivity index (χ0) is 13.0. The molecule has 0 radical (unpaired) electrons. The summed E-state index contributed by atoms with van der Waals surface area (Å²) in [5, 5.41) is -0.388. The molecule has 94 valence electrons. The molecule has 0 saturated heterocycles. The fraction of sp³-hybridized carbons (Fsp3) is 0.400. The third-order valence-electron chi connectivity index (χ3n) is 1.97. The number of hydrogen-bond acceptors (Lipinski definition) is 3. The Labute approximate surface area is 107 Å². The second-order valence-electron chi connectivity index (χ2n) is 3.07. The van der Waals surface area contributed by atoms with Crippen molar-refractivity contribution in [3.8, 4) is 0 Å². The van der Waals surface area contributed by atoms with E-state index in [-0.39, 0.29) is 28.8 Å². The van der Waals surface area contributed by atoms with E-state index >= 15 is 0 Å². The van der Waals surface area contributed by atoms with Crippen LogP contribution in [0.4, 0.5) is 8.78 Å². The van der Waals surface area contributed by atoms with Crippen LogP contribution in [0.1, 0.15) is 24.5 Å². The van der Waals surface area contributed by atoms with Crippen LogP contribution in [0.15, 0.2) is 6.20 Å². The number of esters is 1. The Balaban J connectivity index is 3.12. The van der Waals surface area contributed by atoms with Crippen LogP contribution in [-0.4, -0.2) is 17.6 Å². The Kier molecular flexibility index (Phi) is 5.08. The van der Waals surface area contributed by atoms with Gasteiger partial charge in [-0.3, -0.25) is 4.79 Å². The third-order valence-corrected chi connectivity index (χ3v) is 2.60. The monoisotopic (exact) mass is 283 g/mol. The molecule has 1 aromatic rings. The average Bonchev–Trinajstić information content (AvgIpc) is 2.23. The summed E-state index contributed by atoms with van der Waals surface area (Å²) in [6, 6.07) is 0. The van der Waals surface area contributed by atoms with E-state index < -0.39 is 18.0 Å². The van der Waals surface area contributed by atoms with Crippen molar-refractivity contribution in [2.75, 3.05) is 6.61 Å². The molecule has 0 aliphatic carbocycles. The molecule has 3 nitrogen and oxygen atoms in total. The maximum Gasteiger partial charge on any atom is 0.310 e. The number of pyridine rings is 1. The zero-order valence-electron chi connectivity index (χ0n) is 8.84. The first-order valence-electron chi connectivity index (χ1n) is 4.73. The summed E-state index contributed by atoms with van der Waals surface area (Å²) in [6.07, 6.45) is -2.07. The summed E-state index contributed by atoms with van der Waals surface area (Å²) in [5.41, 5.74) is -0.563. The molecule has 0 unspecified atom stereocenters. The summed E-state index contributed by atoms with van der Waals surface area (Å²) in [5.74, 6) is -0.640. The van der Waals surface area contributed by atoms with Gasteiger partial charge in [-0.25, -0.2) is 13.8 Å². The lowest BCUT2D eigenvalue weighted by molar-refractivity contribution is -0.142. The number of alkyl halides is 2. The van der Waals surface area contributed by atoms with Crippen LogP contribution in [0, 0.1) is 0 Å². The molecule has 1 heterocycles. The van der Waals surface area contributed by atoms with Gasteiger partial charge in [0.2, 0.25) is 0 Å². The predicted octanol–water partition coefficient (Wildman–Crippen LogP) is 3.43. The highest BCUT2D eigenvalue weighted by Crippen LogP contribution is 2.33. The summed E-state index contributed by atoms with van der Waals surface area (Å²) in [6.45, 7) is 1.78. The normalized spacial score (nSPS) is 10.7. The topological polar surface area (TPSA) is 39.2 Å². The molecule has 0 fully saturated rings. The van der Waals surface area contributed by atoms with E-state index in [9.17, 15) is 13.6 Å². The summed E-state index contributed by atoms with van der Waals surface area (Å²) >= 11 is 11.3. The lowest BCUT2D eigenvalue weighted by Crippen LogP contribution is -2.11. The lowest BCUT2D eigenvalue weighted by Gasteiger charge is -2.11. The van der Waals surface area contributed by atoms with Gasteiger partial charge in [-0.1, -0.05) is 23.2 Å². The van der Waals surface area contributed by atoms with Gasteiger partial charge in [0.15, 0.2) is 0 Å². The van der Waals surface area contributed by atoms with E-state index in [4.69, 9.17) is 23.2 Å². The number of halogens is 4. The quantitative estimate of drug-likeness (QED) is 0.628. The predicted molar refractivity (Wildman–Crippen MR) is 59.6 cm³/mol. The van der Waals surface area contributed by atoms with Crippen molar-refractivity contribution in [2.45, 2.75) is 19.8 Å². The first kappa shape index (κ1) is 14.1. The van der Waals surface area contributed by atoms with Crippen molar-refractivity contribution in [3.63, 3.8) is 0 Å². The van der Waals surface area contributed by atoms with Crippen LogP contribution in [0.2, 0.25) is 10.2 Å². The molecule has 0 bridgehead atoms. The van der Waals surface area contributed by atoms with Crippen molar-refractivity contribution in [3.05, 3.63) is 27.5 Å². The molecule has 7 heteroatoms. The van der Waals surface area contributed by atoms with Crippen molar-refractivity contribution in [2.24, 2.45) is 0 Å². The number of rotatable bonds is 4. The molecule has 0 aliphatic rings. The fourth-order valence-corrected chi connectivity index (χ4v) is 1.73. The Bertz CT molecular complexity index is 427. The molecule has 0 atom stereocenters. The Morgan fingerprint density at radius 2 is 2.18 bits per heavy atom. The first-order chi connectivity index (χ1) is 7.97. The van der Waals surface area contributed by atoms with Gasteiger partial charge in [-0.05, 0) is 12.5 Å². The number of nitrogens with zero attached hydrogens (tertiary/aromatic N) is 1. The summed E-state index contributed by atoms with van der Waals surface area (Å²) in [4.78, 5) is 14.8. The molecule has 0 N–H and O–H groups in total. The van der Waals surface area contributed by atoms with Crippen LogP contribution in [0.3, 0.4) is 0 Å². The number of aromatic nitrogens is 1. The Morgan fingerprint density at radius 1 is 1.53 bits per heavy atom. The Morgan fingerprint density at radius 3 is 2.71 bits per heavy atom. The van der Waals surface area contributed by atoms with E-state index in [1.807, 2.05) is 0 Å². The Hall–Kier alpha value is -0.940. The third kappa shape index (κ3) is 3.51. The van der Waals surface area contributed by atoms with Crippen molar-refractivity contribution in [1.82, 2.24) is 4.98 Å². The van der Waals surface area contributed by atoms with Crippen molar-refractivity contribution >= 4 is 29.2 Å². The molecule has 0 aromatic carbocycles. The van der Waals surface area contributed by atoms with Gasteiger partial charge >= 0.3 is 5.97 Å². The minimum Gasteiger partial charge on any atom is -0.466 e. The van der Waals surface area contributed by atoms with E-state index in [1.54, 1.807) is 6.92 Å². The highest BCUT2D eigenvalue weighted by atomic mass is 35.5. The standard InChI is InChI=1S/C10H9Cl2F2NO2/c1-2-17-7(16)3-5-6(11)4-15-9(12)8(5)10(13)14/h4,10H,2-3H2,1H3. The molecule has 0 amide bonds. The molecule has 0 saturated carbocycles. The van der Waals surface area contributed by atoms with Crippen LogP contribution >= 0.6 is 23.2 Å². The first-order valence-corrected chi connectivity index (χ1v) is 5.49. The number of hydrogen-bond donors (Lipinski definition) is 0. The molecule has 1 aromatic heterocycles. The largest absolute Gasteiger partial charge is 0.466 e. The maximum atomic E-state index is 12.8. The van der Waals surface area contributed by atoms with Crippen molar-refractivity contribution in [1.29, 1.82) is 0 Å². The van der Waals surface area contributed by atoms with E-state index in [2.05, 4.69) is 9.72 Å². The highest BCUT2D eigenvalue weighted by Gasteiger charge is 2.22. The number of carbonyl (C=O) groups is 1. The van der Waals surface area contributed by atoms with Crippen LogP contribution in [0.5, 0.6) is 0 Å². The van der Waals surface area contributed by atoms with E-state index in [0.29, 0.717) is 0 Å². The van der Waals surface area contributed by atoms with Gasteiger partial charge < -0.3 is 4.74 Å². The molecule has 17 heavy (non-hydrogen) atoms. The second kappa shape index (κ2) is 6.12. The summed E-state index contributed by atoms with van der Waals surface area (Å²) in [7, 11) is 0. The van der Waals surface area contributed by atoms with Crippen LogP contribution in [-0.2, 0) is 16.0 Å². The van der Waals surface area contributed by atoms with Gasteiger partial charge in [0, 0.05) is 6.20 Å². The second-order valence-corrected chi connectivity index (χ2v) is 3.84. The highest BCUT2D eigenvalue weighted by molar-refractivity contribution is 6.33. The minimum atomic E-state index is -2.85. The number of ether oxygens (including phenoxy) is 1. The van der Waals surface area contributed by atoms with E-state index in [1.165, 1.54) is 0 Å². The van der Waals surface area contributed by atoms with Gasteiger partial charge in [0.05, 0.1) is 23.6 Å². The maximum absolute atomic E-state index is 12.8. The fourth-order valence-electron chi connectivity index (χ4n) is 1.27. The lowest BCUT2D eigenvalue weighted by atomic mass is 10.1. The minimum absolute atomic E-state index is 0.0299. The summed E-state index contributed by atoms with van der Waals surface area (Å²) < 4.78 is 30.2. The average molecular weight is 284 g/mol. The van der Waals surface area contributed by atoms with Crippen molar-refractivity contribution < 1.29 is 18.3 Å². The van der Waals surface area contributed by atoms with Gasteiger partial charge in [0.1, 0.15) is 5.15 Å². The van der Waals surface area contributed by atoms with E-state index in [0.717, 1.165) is 6.20 Å². The van der Waals surface area contributed by atoms with Gasteiger partial charge in [0.25, 0.3) is 6.43 Å². The van der Waals surface area contributed by atoms with Crippen LogP contribution in [0.25, 0.3) is 0 Å². The molecular weight excluding hydrogens is 275 g/mol. The molecule has 1 rings (SSSR count). The zero-order valence-corrected chi connectivity index (χ0v) is 10.4. The molecular formula is C10H9Cl2F2NO2.